The summed E-state index contributed by atoms with van der Waals surface area (Å²) in [6.07, 6.45) is 14.8. The molecule has 0 saturated heterocycles. The summed E-state index contributed by atoms with van der Waals surface area (Å²) in [7, 11) is 0. The molecule has 4 nitrogen and oxygen atoms in total. The second kappa shape index (κ2) is 12.4. The van der Waals surface area contributed by atoms with Gasteiger partial charge in [0.2, 0.25) is 0 Å². The van der Waals surface area contributed by atoms with Crippen molar-refractivity contribution in [1.29, 1.82) is 0 Å². The third-order valence-corrected chi connectivity index (χ3v) is 4.78. The number of hydrogen-bond donors (Lipinski definition) is 2. The molecule has 0 aromatic rings. The van der Waals surface area contributed by atoms with E-state index in [1.807, 2.05) is 0 Å². The maximum Gasteiger partial charge on any atom is 0.188 e. The van der Waals surface area contributed by atoms with E-state index in [1.54, 1.807) is 0 Å². The average Bonchev–Trinajstić information content (AvgIpc) is 2.46. The Morgan fingerprint density at radius 1 is 1.00 bits per heavy atom. The van der Waals surface area contributed by atoms with Crippen molar-refractivity contribution >= 4 is 29.9 Å². The summed E-state index contributed by atoms with van der Waals surface area (Å²) in [6, 6.07) is 0. The van der Waals surface area contributed by atoms with Crippen molar-refractivity contribution in [2.75, 3.05) is 19.7 Å². The van der Waals surface area contributed by atoms with E-state index >= 15 is 0 Å². The van der Waals surface area contributed by atoms with E-state index in [-0.39, 0.29) is 24.0 Å². The molecule has 2 saturated carbocycles. The van der Waals surface area contributed by atoms with Gasteiger partial charge in [0.05, 0.1) is 6.10 Å². The molecule has 0 heterocycles. The van der Waals surface area contributed by atoms with Gasteiger partial charge in [-0.1, -0.05) is 25.7 Å². The topological polar surface area (TPSA) is 59.6 Å². The summed E-state index contributed by atoms with van der Waals surface area (Å²) in [5, 5.41) is 3.21. The molecule has 2 rings (SSSR count). The van der Waals surface area contributed by atoms with Crippen LogP contribution in [0.5, 0.6) is 0 Å². The lowest BCUT2D eigenvalue weighted by Crippen LogP contribution is -2.33. The zero-order valence-electron chi connectivity index (χ0n) is 13.9. The van der Waals surface area contributed by atoms with Crippen LogP contribution in [0.1, 0.15) is 70.6 Å². The first-order valence-corrected chi connectivity index (χ1v) is 9.00. The lowest BCUT2D eigenvalue weighted by atomic mass is 9.86. The first kappa shape index (κ1) is 20.0. The Kier molecular flexibility index (Phi) is 11.3. The predicted octanol–water partition coefficient (Wildman–Crippen LogP) is 3.83. The van der Waals surface area contributed by atoms with Gasteiger partial charge in [-0.2, -0.15) is 0 Å². The summed E-state index contributed by atoms with van der Waals surface area (Å²) in [5.41, 5.74) is 5.85. The molecule has 22 heavy (non-hydrogen) atoms. The zero-order chi connectivity index (χ0) is 14.8. The Morgan fingerprint density at radius 3 is 2.45 bits per heavy atom. The van der Waals surface area contributed by atoms with Gasteiger partial charge in [0.1, 0.15) is 0 Å². The number of halogens is 1. The fourth-order valence-corrected chi connectivity index (χ4v) is 3.06. The van der Waals surface area contributed by atoms with Crippen LogP contribution in [0.25, 0.3) is 0 Å². The number of nitrogens with one attached hydrogen (secondary N) is 1. The number of guanidine groups is 1. The maximum absolute atomic E-state index is 5.93. The fourth-order valence-electron chi connectivity index (χ4n) is 3.06. The minimum absolute atomic E-state index is 0. The van der Waals surface area contributed by atoms with Crippen LogP contribution in [-0.2, 0) is 4.74 Å². The Balaban J connectivity index is 0.00000242. The number of nitrogens with zero attached hydrogens (tertiary/aromatic N) is 1. The number of nitrogens with two attached hydrogens (primary N) is 1. The zero-order valence-corrected chi connectivity index (χ0v) is 16.2. The molecule has 0 aliphatic heterocycles. The number of aliphatic imine (C=N–C) groups is 1. The predicted molar refractivity (Wildman–Crippen MR) is 104 cm³/mol. The van der Waals surface area contributed by atoms with Crippen molar-refractivity contribution in [3.8, 4) is 0 Å². The molecule has 130 valence electrons. The first-order valence-electron chi connectivity index (χ1n) is 9.00. The summed E-state index contributed by atoms with van der Waals surface area (Å²) < 4.78 is 5.93. The highest BCUT2D eigenvalue weighted by Crippen LogP contribution is 2.26. The summed E-state index contributed by atoms with van der Waals surface area (Å²) in [6.45, 7) is 2.77. The first-order chi connectivity index (χ1) is 10.3. The van der Waals surface area contributed by atoms with Crippen molar-refractivity contribution in [2.45, 2.75) is 76.7 Å². The number of hydrogen-bond acceptors (Lipinski definition) is 2. The van der Waals surface area contributed by atoms with Gasteiger partial charge < -0.3 is 15.8 Å². The largest absolute Gasteiger partial charge is 0.378 e. The van der Waals surface area contributed by atoms with Gasteiger partial charge in [0.15, 0.2) is 5.96 Å². The van der Waals surface area contributed by atoms with Crippen LogP contribution in [0, 0.1) is 5.92 Å². The van der Waals surface area contributed by atoms with Crippen LogP contribution < -0.4 is 11.1 Å². The molecule has 0 radical (unpaired) electrons. The van der Waals surface area contributed by atoms with E-state index in [4.69, 9.17) is 10.5 Å². The normalized spacial score (nSPS) is 20.3. The van der Waals surface area contributed by atoms with Crippen LogP contribution in [-0.4, -0.2) is 31.8 Å². The van der Waals surface area contributed by atoms with Crippen LogP contribution in [0.3, 0.4) is 0 Å². The standard InChI is InChI=1S/C17H33N3O.HI/c18-17(20-14-15-8-7-9-15)19-12-5-2-6-13-21-16-10-3-1-4-11-16;/h15-16H,1-14H2,(H3,18,19,20);1H. The highest BCUT2D eigenvalue weighted by molar-refractivity contribution is 14.0. The Bertz CT molecular complexity index is 302. The van der Waals surface area contributed by atoms with E-state index < -0.39 is 0 Å². The summed E-state index contributed by atoms with van der Waals surface area (Å²) in [5.74, 6) is 1.42. The van der Waals surface area contributed by atoms with Crippen LogP contribution in [0.2, 0.25) is 0 Å². The molecule has 5 heteroatoms. The second-order valence-corrected chi connectivity index (χ2v) is 6.64. The molecule has 0 unspecified atom stereocenters. The molecule has 2 aliphatic rings. The Labute approximate surface area is 153 Å². The summed E-state index contributed by atoms with van der Waals surface area (Å²) >= 11 is 0. The minimum atomic E-state index is 0. The van der Waals surface area contributed by atoms with Gasteiger partial charge in [-0.05, 0) is 50.9 Å². The van der Waals surface area contributed by atoms with Gasteiger partial charge in [-0.3, -0.25) is 4.99 Å². The summed E-state index contributed by atoms with van der Waals surface area (Å²) in [4.78, 5) is 4.40. The molecule has 0 amide bonds. The van der Waals surface area contributed by atoms with Gasteiger partial charge >= 0.3 is 0 Å². The molecule has 0 spiro atoms. The van der Waals surface area contributed by atoms with Crippen molar-refractivity contribution in [2.24, 2.45) is 16.6 Å². The SMILES string of the molecule is I.NC(=NCC1CCC1)NCCCCCOC1CCCCC1. The molecule has 0 aromatic heterocycles. The van der Waals surface area contributed by atoms with E-state index in [0.717, 1.165) is 38.5 Å². The fraction of sp³-hybridized carbons (Fsp3) is 0.941. The maximum atomic E-state index is 5.93. The molecule has 0 aromatic carbocycles. The Morgan fingerprint density at radius 2 is 1.77 bits per heavy atom. The number of ether oxygens (including phenoxy) is 1. The molecule has 2 aliphatic carbocycles. The van der Waals surface area contributed by atoms with Crippen molar-refractivity contribution in [3.63, 3.8) is 0 Å². The van der Waals surface area contributed by atoms with Crippen molar-refractivity contribution in [3.05, 3.63) is 0 Å². The molecule has 0 bridgehead atoms. The van der Waals surface area contributed by atoms with Crippen LogP contribution >= 0.6 is 24.0 Å². The third-order valence-electron chi connectivity index (χ3n) is 4.78. The van der Waals surface area contributed by atoms with Gasteiger partial charge in [-0.15, -0.1) is 24.0 Å². The molecule has 3 N–H and O–H groups in total. The number of rotatable bonds is 9. The lowest BCUT2D eigenvalue weighted by Gasteiger charge is -2.23. The van der Waals surface area contributed by atoms with E-state index in [2.05, 4.69) is 10.3 Å². The van der Waals surface area contributed by atoms with Crippen molar-refractivity contribution in [1.82, 2.24) is 5.32 Å². The lowest BCUT2D eigenvalue weighted by molar-refractivity contribution is 0.0264. The molecule has 0 atom stereocenters. The van der Waals surface area contributed by atoms with Crippen LogP contribution in [0.4, 0.5) is 0 Å². The van der Waals surface area contributed by atoms with Crippen molar-refractivity contribution < 1.29 is 4.74 Å². The van der Waals surface area contributed by atoms with Gasteiger partial charge in [0, 0.05) is 19.7 Å². The highest BCUT2D eigenvalue weighted by Gasteiger charge is 2.16. The highest BCUT2D eigenvalue weighted by atomic mass is 127. The Hall–Kier alpha value is -0.0400. The quantitative estimate of drug-likeness (QED) is 0.257. The smallest absolute Gasteiger partial charge is 0.188 e. The van der Waals surface area contributed by atoms with Gasteiger partial charge in [0.25, 0.3) is 0 Å². The molecular formula is C17H34IN3O. The number of unbranched alkanes of at least 4 members (excludes halogenated alkanes) is 2. The molecular weight excluding hydrogens is 389 g/mol. The monoisotopic (exact) mass is 423 g/mol. The second-order valence-electron chi connectivity index (χ2n) is 6.64. The van der Waals surface area contributed by atoms with Crippen LogP contribution in [0.15, 0.2) is 4.99 Å². The average molecular weight is 423 g/mol. The van der Waals surface area contributed by atoms with E-state index in [1.165, 1.54) is 57.8 Å². The van der Waals surface area contributed by atoms with E-state index in [0.29, 0.717) is 12.1 Å². The minimum Gasteiger partial charge on any atom is -0.378 e. The van der Waals surface area contributed by atoms with E-state index in [9.17, 15) is 0 Å². The molecule has 2 fully saturated rings. The third kappa shape index (κ3) is 8.56. The van der Waals surface area contributed by atoms with Gasteiger partial charge in [-0.25, -0.2) is 0 Å².